The number of aromatic nitrogens is 3. The van der Waals surface area contributed by atoms with Crippen LogP contribution in [0.5, 0.6) is 0 Å². The van der Waals surface area contributed by atoms with E-state index in [9.17, 15) is 9.59 Å². The first-order chi connectivity index (χ1) is 9.97. The molecule has 0 radical (unpaired) electrons. The zero-order chi connectivity index (χ0) is 15.4. The molecule has 2 rings (SSSR count). The van der Waals surface area contributed by atoms with Crippen LogP contribution in [0.15, 0.2) is 24.5 Å². The molecule has 0 aliphatic heterocycles. The van der Waals surface area contributed by atoms with Gasteiger partial charge in [-0.3, -0.25) is 4.68 Å². The number of urea groups is 1. The monoisotopic (exact) mass is 309 g/mol. The molecule has 0 fully saturated rings. The number of rotatable bonds is 4. The summed E-state index contributed by atoms with van der Waals surface area (Å²) in [4.78, 5) is 26.8. The topological polar surface area (TPSA) is 109 Å². The minimum atomic E-state index is -1.22. The standard InChI is InChI=1S/C12H12ClN5O3/c1-18-6-15-9(17-18)5-14-12(21)16-8-4-2-3-7(13)10(8)11(19)20/h2-4,6H,5H2,1H3,(H,19,20)(H2,14,16,21). The number of carbonyl (C=O) groups excluding carboxylic acids is 1. The van der Waals surface area contributed by atoms with Crippen LogP contribution in [0.3, 0.4) is 0 Å². The summed E-state index contributed by atoms with van der Waals surface area (Å²) in [5.41, 5.74) is -0.0493. The van der Waals surface area contributed by atoms with Crippen molar-refractivity contribution in [3.05, 3.63) is 40.9 Å². The van der Waals surface area contributed by atoms with E-state index >= 15 is 0 Å². The molecule has 1 heterocycles. The first-order valence-corrected chi connectivity index (χ1v) is 6.26. The van der Waals surface area contributed by atoms with Gasteiger partial charge in [0.25, 0.3) is 0 Å². The van der Waals surface area contributed by atoms with Crippen LogP contribution in [-0.4, -0.2) is 31.9 Å². The van der Waals surface area contributed by atoms with Gasteiger partial charge < -0.3 is 15.7 Å². The van der Waals surface area contributed by atoms with Crippen LogP contribution in [0.1, 0.15) is 16.2 Å². The highest BCUT2D eigenvalue weighted by atomic mass is 35.5. The Bertz CT molecular complexity index is 685. The first-order valence-electron chi connectivity index (χ1n) is 5.88. The lowest BCUT2D eigenvalue weighted by Crippen LogP contribution is -2.29. The smallest absolute Gasteiger partial charge is 0.339 e. The molecule has 8 nitrogen and oxygen atoms in total. The number of aryl methyl sites for hydroxylation is 1. The van der Waals surface area contributed by atoms with Crippen molar-refractivity contribution in [2.24, 2.45) is 7.05 Å². The number of amides is 2. The van der Waals surface area contributed by atoms with Gasteiger partial charge in [0.15, 0.2) is 5.82 Å². The average Bonchev–Trinajstić information content (AvgIpc) is 2.82. The molecule has 0 aliphatic carbocycles. The Morgan fingerprint density at radius 2 is 2.19 bits per heavy atom. The molecule has 0 bridgehead atoms. The lowest BCUT2D eigenvalue weighted by molar-refractivity contribution is 0.0698. The Hall–Kier alpha value is -2.61. The van der Waals surface area contributed by atoms with E-state index < -0.39 is 12.0 Å². The van der Waals surface area contributed by atoms with Crippen LogP contribution in [-0.2, 0) is 13.6 Å². The maximum Gasteiger partial charge on any atom is 0.339 e. The fourth-order valence-electron chi connectivity index (χ4n) is 1.64. The highest BCUT2D eigenvalue weighted by molar-refractivity contribution is 6.34. The minimum Gasteiger partial charge on any atom is -0.478 e. The number of benzene rings is 1. The molecule has 0 saturated carbocycles. The van der Waals surface area contributed by atoms with E-state index in [4.69, 9.17) is 16.7 Å². The number of carboxylic acids is 1. The Labute approximate surface area is 124 Å². The van der Waals surface area contributed by atoms with Crippen LogP contribution in [0, 0.1) is 0 Å². The summed E-state index contributed by atoms with van der Waals surface area (Å²) in [6.07, 6.45) is 1.51. The Kier molecular flexibility index (Phi) is 4.39. The zero-order valence-electron chi connectivity index (χ0n) is 11.0. The zero-order valence-corrected chi connectivity index (χ0v) is 11.8. The van der Waals surface area contributed by atoms with Crippen LogP contribution >= 0.6 is 11.6 Å². The molecule has 2 aromatic rings. The van der Waals surface area contributed by atoms with E-state index in [-0.39, 0.29) is 22.8 Å². The molecule has 3 N–H and O–H groups in total. The van der Waals surface area contributed by atoms with Gasteiger partial charge in [-0.25, -0.2) is 14.6 Å². The van der Waals surface area contributed by atoms with Crippen molar-refractivity contribution in [2.45, 2.75) is 6.54 Å². The number of hydrogen-bond acceptors (Lipinski definition) is 4. The van der Waals surface area contributed by atoms with Gasteiger partial charge in [-0.05, 0) is 12.1 Å². The van der Waals surface area contributed by atoms with Gasteiger partial charge in [0.1, 0.15) is 11.9 Å². The third kappa shape index (κ3) is 3.69. The molecular formula is C12H12ClN5O3. The third-order valence-electron chi connectivity index (χ3n) is 2.53. The number of nitrogens with zero attached hydrogens (tertiary/aromatic N) is 3. The highest BCUT2D eigenvalue weighted by Crippen LogP contribution is 2.24. The number of aromatic carboxylic acids is 1. The summed E-state index contributed by atoms with van der Waals surface area (Å²) in [6.45, 7) is 0.121. The van der Waals surface area contributed by atoms with Crippen molar-refractivity contribution in [1.29, 1.82) is 0 Å². The molecule has 2 amide bonds. The molecule has 21 heavy (non-hydrogen) atoms. The van der Waals surface area contributed by atoms with Crippen molar-refractivity contribution in [2.75, 3.05) is 5.32 Å². The molecule has 110 valence electrons. The Morgan fingerprint density at radius 1 is 1.43 bits per heavy atom. The van der Waals surface area contributed by atoms with Gasteiger partial charge in [-0.15, -0.1) is 0 Å². The second-order valence-electron chi connectivity index (χ2n) is 4.11. The van der Waals surface area contributed by atoms with E-state index in [0.29, 0.717) is 5.82 Å². The van der Waals surface area contributed by atoms with Crippen LogP contribution < -0.4 is 10.6 Å². The maximum atomic E-state index is 11.8. The van der Waals surface area contributed by atoms with Crippen molar-refractivity contribution < 1.29 is 14.7 Å². The number of nitrogens with one attached hydrogen (secondary N) is 2. The van der Waals surface area contributed by atoms with Crippen LogP contribution in [0.2, 0.25) is 5.02 Å². The number of carbonyl (C=O) groups is 2. The maximum absolute atomic E-state index is 11.8. The molecule has 1 aromatic carbocycles. The van der Waals surface area contributed by atoms with Gasteiger partial charge in [0, 0.05) is 7.05 Å². The number of hydrogen-bond donors (Lipinski definition) is 3. The Balaban J connectivity index is 2.03. The quantitative estimate of drug-likeness (QED) is 0.792. The van der Waals surface area contributed by atoms with Gasteiger partial charge in [0.05, 0.1) is 17.3 Å². The predicted octanol–water partition coefficient (Wildman–Crippen LogP) is 1.49. The summed E-state index contributed by atoms with van der Waals surface area (Å²) in [6, 6.07) is 3.86. The molecule has 9 heteroatoms. The average molecular weight is 310 g/mol. The number of halogens is 1. The number of carboxylic acid groups (broad SMARTS) is 1. The normalized spacial score (nSPS) is 10.2. The molecule has 0 aliphatic rings. The molecule has 0 saturated heterocycles. The van der Waals surface area contributed by atoms with Crippen LogP contribution in [0.4, 0.5) is 10.5 Å². The van der Waals surface area contributed by atoms with Crippen molar-refractivity contribution in [3.63, 3.8) is 0 Å². The summed E-state index contributed by atoms with van der Waals surface area (Å²) in [5, 5.41) is 18.1. The van der Waals surface area contributed by atoms with Gasteiger partial charge in [-0.2, -0.15) is 5.10 Å². The first kappa shape index (κ1) is 14.8. The summed E-state index contributed by atoms with van der Waals surface area (Å²) in [5.74, 6) is -0.778. The predicted molar refractivity (Wildman–Crippen MR) is 75.3 cm³/mol. The fourth-order valence-corrected chi connectivity index (χ4v) is 1.89. The van der Waals surface area contributed by atoms with E-state index in [1.165, 1.54) is 23.1 Å². The van der Waals surface area contributed by atoms with E-state index in [2.05, 4.69) is 20.7 Å². The van der Waals surface area contributed by atoms with Crippen molar-refractivity contribution in [1.82, 2.24) is 20.1 Å². The third-order valence-corrected chi connectivity index (χ3v) is 2.84. The molecular weight excluding hydrogens is 298 g/mol. The van der Waals surface area contributed by atoms with Gasteiger partial charge >= 0.3 is 12.0 Å². The van der Waals surface area contributed by atoms with E-state index in [1.807, 2.05) is 0 Å². The molecule has 0 spiro atoms. The SMILES string of the molecule is Cn1cnc(CNC(=O)Nc2cccc(Cl)c2C(=O)O)n1. The molecule has 0 atom stereocenters. The highest BCUT2D eigenvalue weighted by Gasteiger charge is 2.16. The summed E-state index contributed by atoms with van der Waals surface area (Å²) in [7, 11) is 1.71. The summed E-state index contributed by atoms with van der Waals surface area (Å²) >= 11 is 5.81. The van der Waals surface area contributed by atoms with Gasteiger partial charge in [-0.1, -0.05) is 17.7 Å². The lowest BCUT2D eigenvalue weighted by Gasteiger charge is -2.10. The number of anilines is 1. The second kappa shape index (κ2) is 6.23. The molecule has 1 aromatic heterocycles. The van der Waals surface area contributed by atoms with E-state index in [1.54, 1.807) is 13.1 Å². The molecule has 0 unspecified atom stereocenters. The Morgan fingerprint density at radius 3 is 2.81 bits per heavy atom. The van der Waals surface area contributed by atoms with E-state index in [0.717, 1.165) is 0 Å². The van der Waals surface area contributed by atoms with Gasteiger partial charge in [0.2, 0.25) is 0 Å². The largest absolute Gasteiger partial charge is 0.478 e. The van der Waals surface area contributed by atoms with Crippen LogP contribution in [0.25, 0.3) is 0 Å². The minimum absolute atomic E-state index is 0.0479. The fraction of sp³-hybridized carbons (Fsp3) is 0.167. The van der Waals surface area contributed by atoms with Crippen molar-refractivity contribution in [3.8, 4) is 0 Å². The van der Waals surface area contributed by atoms with Crippen molar-refractivity contribution >= 4 is 29.3 Å². The summed E-state index contributed by atoms with van der Waals surface area (Å²) < 4.78 is 1.51. The second-order valence-corrected chi connectivity index (χ2v) is 4.52. The lowest BCUT2D eigenvalue weighted by atomic mass is 10.2.